The van der Waals surface area contributed by atoms with Crippen molar-refractivity contribution in [1.82, 2.24) is 0 Å². The van der Waals surface area contributed by atoms with Crippen molar-refractivity contribution in [2.75, 3.05) is 0 Å². The number of allylic oxidation sites excluding steroid dienone is 4. The number of hydrogen-bond donors (Lipinski definition) is 0. The average molecular weight is 490 g/mol. The topological polar surface area (TPSA) is 93.0 Å². The van der Waals surface area contributed by atoms with Crippen molar-refractivity contribution < 1.29 is 16.8 Å². The van der Waals surface area contributed by atoms with Gasteiger partial charge in [0.25, 0.3) is 20.0 Å². The van der Waals surface area contributed by atoms with Gasteiger partial charge < -0.3 is 0 Å². The van der Waals surface area contributed by atoms with E-state index in [0.29, 0.717) is 10.0 Å². The molecule has 0 amide bonds. The van der Waals surface area contributed by atoms with E-state index < -0.39 is 20.0 Å². The predicted octanol–water partition coefficient (Wildman–Crippen LogP) is 4.65. The molecule has 0 bridgehead atoms. The molecule has 3 rings (SSSR count). The first kappa shape index (κ1) is 21.7. The molecule has 0 atom stereocenters. The van der Waals surface area contributed by atoms with Crippen LogP contribution in [0.25, 0.3) is 0 Å². The molecule has 0 saturated heterocycles. The van der Waals surface area contributed by atoms with Crippen molar-refractivity contribution in [1.29, 1.82) is 0 Å². The van der Waals surface area contributed by atoms with Crippen LogP contribution in [-0.4, -0.2) is 28.3 Å². The van der Waals surface area contributed by atoms with Crippen molar-refractivity contribution in [3.63, 3.8) is 0 Å². The average Bonchev–Trinajstić information content (AvgIpc) is 2.64. The Hall–Kier alpha value is -1.97. The van der Waals surface area contributed by atoms with Crippen LogP contribution in [0.4, 0.5) is 0 Å². The van der Waals surface area contributed by atoms with E-state index in [0.717, 1.165) is 0 Å². The van der Waals surface area contributed by atoms with Crippen LogP contribution in [0, 0.1) is 0 Å². The first-order chi connectivity index (χ1) is 13.6. The highest BCUT2D eigenvalue weighted by atomic mass is 35.5. The first-order valence-electron chi connectivity index (χ1n) is 7.83. The lowest BCUT2D eigenvalue weighted by Gasteiger charge is -2.07. The van der Waals surface area contributed by atoms with Crippen LogP contribution in [0.1, 0.15) is 0 Å². The quantitative estimate of drug-likeness (QED) is 0.585. The van der Waals surface area contributed by atoms with E-state index in [1.165, 1.54) is 66.8 Å². The molecule has 1 aliphatic rings. The SMILES string of the molecule is O=S(=O)(/N=C1C=C/C(=N\S(=O)(=O)c2ccc(Cl)cc2)C(Cl)=C/1)c1ccc(Cl)cc1. The second-order valence-electron chi connectivity index (χ2n) is 5.68. The zero-order chi connectivity index (χ0) is 21.2. The van der Waals surface area contributed by atoms with Gasteiger partial charge in [0.15, 0.2) is 0 Å². The number of nitrogens with zero attached hydrogens (tertiary/aromatic N) is 2. The van der Waals surface area contributed by atoms with Crippen molar-refractivity contribution >= 4 is 66.3 Å². The molecule has 0 saturated carbocycles. The molecule has 0 radical (unpaired) electrons. The molecule has 0 N–H and O–H groups in total. The maximum atomic E-state index is 12.4. The lowest BCUT2D eigenvalue weighted by molar-refractivity contribution is 0.596. The monoisotopic (exact) mass is 488 g/mol. The van der Waals surface area contributed by atoms with Gasteiger partial charge in [0.2, 0.25) is 0 Å². The summed E-state index contributed by atoms with van der Waals surface area (Å²) in [6.45, 7) is 0. The zero-order valence-corrected chi connectivity index (χ0v) is 18.2. The van der Waals surface area contributed by atoms with Gasteiger partial charge in [-0.1, -0.05) is 34.8 Å². The van der Waals surface area contributed by atoms with E-state index in [1.807, 2.05) is 0 Å². The van der Waals surface area contributed by atoms with Gasteiger partial charge in [-0.2, -0.15) is 25.6 Å². The van der Waals surface area contributed by atoms with Gasteiger partial charge in [0, 0.05) is 10.0 Å². The Morgan fingerprint density at radius 1 is 0.621 bits per heavy atom. The minimum absolute atomic E-state index is 0.0211. The number of halogens is 3. The molecule has 150 valence electrons. The van der Waals surface area contributed by atoms with Gasteiger partial charge in [-0.15, -0.1) is 0 Å². The summed E-state index contributed by atoms with van der Waals surface area (Å²) in [5.74, 6) is 0. The largest absolute Gasteiger partial charge is 0.282 e. The predicted molar refractivity (Wildman–Crippen MR) is 115 cm³/mol. The number of benzene rings is 2. The second kappa shape index (κ2) is 8.41. The van der Waals surface area contributed by atoms with Crippen LogP contribution < -0.4 is 0 Å². The molecule has 1 aliphatic carbocycles. The van der Waals surface area contributed by atoms with Gasteiger partial charge >= 0.3 is 0 Å². The lowest BCUT2D eigenvalue weighted by Crippen LogP contribution is -2.10. The molecule has 2 aromatic carbocycles. The molecule has 0 spiro atoms. The summed E-state index contributed by atoms with van der Waals surface area (Å²) < 4.78 is 56.9. The molecule has 11 heteroatoms. The highest BCUT2D eigenvalue weighted by Gasteiger charge is 2.19. The van der Waals surface area contributed by atoms with E-state index in [-0.39, 0.29) is 26.2 Å². The molecule has 2 aromatic rings. The van der Waals surface area contributed by atoms with Crippen molar-refractivity contribution in [2.45, 2.75) is 9.79 Å². The smallest absolute Gasteiger partial charge is 0.199 e. The minimum atomic E-state index is -4.03. The van der Waals surface area contributed by atoms with E-state index in [2.05, 4.69) is 8.80 Å². The molecular formula is C18H11Cl3N2O4S2. The van der Waals surface area contributed by atoms with Gasteiger partial charge in [0.1, 0.15) is 0 Å². The van der Waals surface area contributed by atoms with Gasteiger partial charge in [-0.3, -0.25) is 0 Å². The van der Waals surface area contributed by atoms with E-state index in [4.69, 9.17) is 34.8 Å². The third-order valence-electron chi connectivity index (χ3n) is 3.60. The van der Waals surface area contributed by atoms with Crippen molar-refractivity contribution in [3.8, 4) is 0 Å². The summed E-state index contributed by atoms with van der Waals surface area (Å²) in [6.07, 6.45) is 3.78. The molecule has 0 heterocycles. The third kappa shape index (κ3) is 5.34. The summed E-state index contributed by atoms with van der Waals surface area (Å²) in [5.41, 5.74) is -0.0303. The maximum Gasteiger partial charge on any atom is 0.282 e. The number of rotatable bonds is 4. The summed E-state index contributed by atoms with van der Waals surface area (Å²) >= 11 is 17.6. The highest BCUT2D eigenvalue weighted by molar-refractivity contribution is 7.90. The summed E-state index contributed by atoms with van der Waals surface area (Å²) in [5, 5.41) is 0.699. The fourth-order valence-electron chi connectivity index (χ4n) is 2.21. The minimum Gasteiger partial charge on any atom is -0.199 e. The third-order valence-corrected chi connectivity index (χ3v) is 7.03. The van der Waals surface area contributed by atoms with Crippen molar-refractivity contribution in [2.24, 2.45) is 8.80 Å². The van der Waals surface area contributed by atoms with Gasteiger partial charge in [-0.25, -0.2) is 0 Å². The van der Waals surface area contributed by atoms with Crippen LogP contribution in [0.3, 0.4) is 0 Å². The van der Waals surface area contributed by atoms with Crippen LogP contribution in [0.15, 0.2) is 90.4 Å². The summed E-state index contributed by atoms with van der Waals surface area (Å²) in [4.78, 5) is -0.103. The fourth-order valence-corrected chi connectivity index (χ4v) is 4.71. The standard InChI is InChI=1S/C18H11Cl3N2O4S2/c19-12-1-6-15(7-2-12)28(24,25)22-14-5-10-18(17(21)11-14)23-29(26,27)16-8-3-13(20)4-9-16/h1-11H/b22-14-,23-18+. The van der Waals surface area contributed by atoms with Crippen LogP contribution in [0.5, 0.6) is 0 Å². The molecule has 0 aliphatic heterocycles. The van der Waals surface area contributed by atoms with Gasteiger partial charge in [0.05, 0.1) is 26.2 Å². The molecular weight excluding hydrogens is 479 g/mol. The summed E-state index contributed by atoms with van der Waals surface area (Å²) in [7, 11) is -8.02. The Morgan fingerprint density at radius 2 is 1.07 bits per heavy atom. The number of sulfonamides is 2. The van der Waals surface area contributed by atoms with Gasteiger partial charge in [-0.05, 0) is 66.8 Å². The molecule has 29 heavy (non-hydrogen) atoms. The van der Waals surface area contributed by atoms with Crippen LogP contribution in [0.2, 0.25) is 10.0 Å². The normalized spacial score (nSPS) is 17.6. The van der Waals surface area contributed by atoms with Crippen LogP contribution >= 0.6 is 34.8 Å². The molecule has 6 nitrogen and oxygen atoms in total. The first-order valence-corrected chi connectivity index (χ1v) is 11.8. The fraction of sp³-hybridized carbons (Fsp3) is 0. The van der Waals surface area contributed by atoms with E-state index in [1.54, 1.807) is 0 Å². The van der Waals surface area contributed by atoms with E-state index in [9.17, 15) is 16.8 Å². The molecule has 0 aromatic heterocycles. The van der Waals surface area contributed by atoms with Crippen LogP contribution in [-0.2, 0) is 20.0 Å². The van der Waals surface area contributed by atoms with E-state index >= 15 is 0 Å². The Labute approximate surface area is 183 Å². The lowest BCUT2D eigenvalue weighted by atomic mass is 10.1. The summed E-state index contributed by atoms with van der Waals surface area (Å²) in [6, 6.07) is 11.0. The Morgan fingerprint density at radius 3 is 1.52 bits per heavy atom. The molecule has 0 fully saturated rings. The second-order valence-corrected chi connectivity index (χ2v) is 10.2. The molecule has 0 unspecified atom stereocenters. The maximum absolute atomic E-state index is 12.4. The Balaban J connectivity index is 1.90. The highest BCUT2D eigenvalue weighted by Crippen LogP contribution is 2.21. The Bertz CT molecular complexity index is 1280. The van der Waals surface area contributed by atoms with Crippen molar-refractivity contribution in [3.05, 3.63) is 81.8 Å². The number of hydrogen-bond acceptors (Lipinski definition) is 4. The zero-order valence-electron chi connectivity index (χ0n) is 14.3. The Kier molecular flexibility index (Phi) is 6.30.